The number of nitrogens with one attached hydrogen (secondary N) is 2. The van der Waals surface area contributed by atoms with Crippen molar-refractivity contribution in [2.45, 2.75) is 37.6 Å². The Bertz CT molecular complexity index is 576. The van der Waals surface area contributed by atoms with Gasteiger partial charge in [0, 0.05) is 19.1 Å². The highest BCUT2D eigenvalue weighted by molar-refractivity contribution is 5.86. The van der Waals surface area contributed by atoms with Crippen LogP contribution in [-0.2, 0) is 17.5 Å². The molecule has 22 heavy (non-hydrogen) atoms. The van der Waals surface area contributed by atoms with Crippen molar-refractivity contribution < 1.29 is 22.4 Å². The van der Waals surface area contributed by atoms with Crippen LogP contribution in [0.2, 0.25) is 0 Å². The summed E-state index contributed by atoms with van der Waals surface area (Å²) >= 11 is 0. The standard InChI is InChI=1S/C14H17F4N3O/c1-13(5-11(19)7-21-13)12(22)20-6-8-2-9(14(16,17)18)4-10(15)3-8/h2-4,11,21H,5-7,19H2,1H3,(H,20,22). The lowest BCUT2D eigenvalue weighted by Gasteiger charge is -2.23. The van der Waals surface area contributed by atoms with Crippen LogP contribution in [0.25, 0.3) is 0 Å². The van der Waals surface area contributed by atoms with Crippen LogP contribution in [0.15, 0.2) is 18.2 Å². The molecule has 2 atom stereocenters. The Balaban J connectivity index is 2.06. The van der Waals surface area contributed by atoms with Crippen LogP contribution in [-0.4, -0.2) is 24.0 Å². The Morgan fingerprint density at radius 1 is 1.45 bits per heavy atom. The Hall–Kier alpha value is -1.67. The summed E-state index contributed by atoms with van der Waals surface area (Å²) in [5.74, 6) is -1.37. The zero-order chi connectivity index (χ0) is 16.5. The second-order valence-corrected chi connectivity index (χ2v) is 5.71. The molecule has 0 radical (unpaired) electrons. The maximum atomic E-state index is 13.3. The Morgan fingerprint density at radius 3 is 2.68 bits per heavy atom. The van der Waals surface area contributed by atoms with Gasteiger partial charge in [-0.15, -0.1) is 0 Å². The molecule has 0 aromatic heterocycles. The van der Waals surface area contributed by atoms with Gasteiger partial charge in [0.2, 0.25) is 5.91 Å². The van der Waals surface area contributed by atoms with E-state index in [-0.39, 0.29) is 24.1 Å². The summed E-state index contributed by atoms with van der Waals surface area (Å²) in [7, 11) is 0. The number of benzene rings is 1. The molecule has 2 rings (SSSR count). The second kappa shape index (κ2) is 5.85. The zero-order valence-electron chi connectivity index (χ0n) is 11.9. The van der Waals surface area contributed by atoms with Gasteiger partial charge in [-0.2, -0.15) is 13.2 Å². The van der Waals surface area contributed by atoms with E-state index in [9.17, 15) is 22.4 Å². The molecule has 1 fully saturated rings. The van der Waals surface area contributed by atoms with E-state index in [2.05, 4.69) is 10.6 Å². The molecule has 1 aromatic carbocycles. The van der Waals surface area contributed by atoms with Crippen LogP contribution in [0.4, 0.5) is 17.6 Å². The minimum absolute atomic E-state index is 0.0478. The topological polar surface area (TPSA) is 67.2 Å². The average molecular weight is 319 g/mol. The molecule has 1 saturated heterocycles. The van der Waals surface area contributed by atoms with Gasteiger partial charge in [-0.05, 0) is 37.1 Å². The molecule has 2 unspecified atom stereocenters. The van der Waals surface area contributed by atoms with E-state index in [0.29, 0.717) is 19.0 Å². The quantitative estimate of drug-likeness (QED) is 0.741. The molecule has 0 aliphatic carbocycles. The summed E-state index contributed by atoms with van der Waals surface area (Å²) in [6, 6.07) is 2.05. The summed E-state index contributed by atoms with van der Waals surface area (Å²) in [4.78, 5) is 12.1. The van der Waals surface area contributed by atoms with Crippen molar-refractivity contribution in [3.05, 3.63) is 35.1 Å². The van der Waals surface area contributed by atoms with E-state index < -0.39 is 23.1 Å². The Morgan fingerprint density at radius 2 is 2.14 bits per heavy atom. The molecule has 8 heteroatoms. The van der Waals surface area contributed by atoms with Gasteiger partial charge >= 0.3 is 6.18 Å². The van der Waals surface area contributed by atoms with Gasteiger partial charge in [0.05, 0.1) is 11.1 Å². The number of hydrogen-bond donors (Lipinski definition) is 3. The van der Waals surface area contributed by atoms with Crippen LogP contribution in [0, 0.1) is 5.82 Å². The molecule has 1 aliphatic heterocycles. The van der Waals surface area contributed by atoms with Gasteiger partial charge in [-0.25, -0.2) is 4.39 Å². The van der Waals surface area contributed by atoms with Gasteiger partial charge in [-0.3, -0.25) is 4.79 Å². The molecule has 4 N–H and O–H groups in total. The van der Waals surface area contributed by atoms with Crippen molar-refractivity contribution in [1.29, 1.82) is 0 Å². The monoisotopic (exact) mass is 319 g/mol. The molecule has 122 valence electrons. The van der Waals surface area contributed by atoms with Crippen LogP contribution in [0.5, 0.6) is 0 Å². The third-order valence-corrected chi connectivity index (χ3v) is 3.66. The second-order valence-electron chi connectivity index (χ2n) is 5.71. The van der Waals surface area contributed by atoms with E-state index in [1.807, 2.05) is 0 Å². The predicted molar refractivity (Wildman–Crippen MR) is 72.2 cm³/mol. The highest BCUT2D eigenvalue weighted by Gasteiger charge is 2.39. The lowest BCUT2D eigenvalue weighted by Crippen LogP contribution is -2.50. The van der Waals surface area contributed by atoms with E-state index in [1.165, 1.54) is 0 Å². The molecule has 4 nitrogen and oxygen atoms in total. The average Bonchev–Trinajstić information content (AvgIpc) is 2.75. The van der Waals surface area contributed by atoms with Crippen molar-refractivity contribution in [3.63, 3.8) is 0 Å². The highest BCUT2D eigenvalue weighted by Crippen LogP contribution is 2.30. The molecular weight excluding hydrogens is 302 g/mol. The van der Waals surface area contributed by atoms with Crippen molar-refractivity contribution >= 4 is 5.91 Å². The summed E-state index contributed by atoms with van der Waals surface area (Å²) in [6.45, 7) is 1.97. The molecule has 1 heterocycles. The number of amides is 1. The molecule has 0 bridgehead atoms. The van der Waals surface area contributed by atoms with E-state index >= 15 is 0 Å². The lowest BCUT2D eigenvalue weighted by molar-refractivity contribution is -0.137. The van der Waals surface area contributed by atoms with Crippen LogP contribution in [0.1, 0.15) is 24.5 Å². The highest BCUT2D eigenvalue weighted by atomic mass is 19.4. The Kier molecular flexibility index (Phi) is 4.44. The number of halogens is 4. The predicted octanol–water partition coefficient (Wildman–Crippen LogP) is 1.54. The molecule has 0 saturated carbocycles. The van der Waals surface area contributed by atoms with Crippen molar-refractivity contribution in [2.24, 2.45) is 5.73 Å². The summed E-state index contributed by atoms with van der Waals surface area (Å²) < 4.78 is 51.1. The van der Waals surface area contributed by atoms with Crippen molar-refractivity contribution in [2.75, 3.05) is 6.54 Å². The van der Waals surface area contributed by atoms with Gasteiger partial charge in [0.25, 0.3) is 0 Å². The molecule has 1 amide bonds. The van der Waals surface area contributed by atoms with Gasteiger partial charge < -0.3 is 16.4 Å². The fourth-order valence-electron chi connectivity index (χ4n) is 2.49. The first-order valence-electron chi connectivity index (χ1n) is 6.76. The van der Waals surface area contributed by atoms with Gasteiger partial charge in [-0.1, -0.05) is 0 Å². The lowest BCUT2D eigenvalue weighted by atomic mass is 9.97. The first kappa shape index (κ1) is 16.7. The number of alkyl halides is 3. The fourth-order valence-corrected chi connectivity index (χ4v) is 2.49. The van der Waals surface area contributed by atoms with E-state index in [4.69, 9.17) is 5.73 Å². The normalized spacial score (nSPS) is 25.3. The van der Waals surface area contributed by atoms with Gasteiger partial charge in [0.15, 0.2) is 0 Å². The minimum atomic E-state index is -4.63. The summed E-state index contributed by atoms with van der Waals surface area (Å²) in [5.41, 5.74) is 3.83. The number of carbonyl (C=O) groups is 1. The first-order valence-corrected chi connectivity index (χ1v) is 6.76. The molecular formula is C14H17F4N3O. The minimum Gasteiger partial charge on any atom is -0.350 e. The van der Waals surface area contributed by atoms with Crippen LogP contribution < -0.4 is 16.4 Å². The van der Waals surface area contributed by atoms with Gasteiger partial charge in [0.1, 0.15) is 5.82 Å². The maximum absolute atomic E-state index is 13.3. The first-order chi connectivity index (χ1) is 10.1. The molecule has 1 aromatic rings. The number of carbonyl (C=O) groups excluding carboxylic acids is 1. The Labute approximate surface area is 125 Å². The number of nitrogens with two attached hydrogens (primary N) is 1. The van der Waals surface area contributed by atoms with Crippen LogP contribution in [0.3, 0.4) is 0 Å². The summed E-state index contributed by atoms with van der Waals surface area (Å²) in [5, 5.41) is 5.49. The van der Waals surface area contributed by atoms with Crippen molar-refractivity contribution in [3.8, 4) is 0 Å². The van der Waals surface area contributed by atoms with E-state index in [1.54, 1.807) is 6.92 Å². The van der Waals surface area contributed by atoms with E-state index in [0.717, 1.165) is 12.1 Å². The molecule has 0 spiro atoms. The summed E-state index contributed by atoms with van der Waals surface area (Å²) in [6.07, 6.45) is -4.21. The largest absolute Gasteiger partial charge is 0.416 e. The molecule has 1 aliphatic rings. The smallest absolute Gasteiger partial charge is 0.350 e. The maximum Gasteiger partial charge on any atom is 0.416 e. The zero-order valence-corrected chi connectivity index (χ0v) is 11.9. The number of hydrogen-bond acceptors (Lipinski definition) is 3. The third kappa shape index (κ3) is 3.75. The SMILES string of the molecule is CC1(C(=O)NCc2cc(F)cc(C(F)(F)F)c2)CC(N)CN1. The number of rotatable bonds is 3. The fraction of sp³-hybridized carbons (Fsp3) is 0.500. The van der Waals surface area contributed by atoms with Crippen LogP contribution >= 0.6 is 0 Å². The third-order valence-electron chi connectivity index (χ3n) is 3.66. The van der Waals surface area contributed by atoms with Crippen molar-refractivity contribution in [1.82, 2.24) is 10.6 Å².